The van der Waals surface area contributed by atoms with Crippen molar-refractivity contribution in [3.05, 3.63) is 18.7 Å². The van der Waals surface area contributed by atoms with Crippen molar-refractivity contribution >= 4 is 6.09 Å². The quantitative estimate of drug-likeness (QED) is 0.723. The van der Waals surface area contributed by atoms with E-state index in [9.17, 15) is 4.79 Å². The van der Waals surface area contributed by atoms with Crippen LogP contribution in [0, 0.1) is 11.8 Å². The zero-order valence-electron chi connectivity index (χ0n) is 14.4. The fraction of sp³-hybridized carbons (Fsp3) is 0.750. The lowest BCUT2D eigenvalue weighted by molar-refractivity contribution is 0.0515. The minimum absolute atomic E-state index is 0.350. The summed E-state index contributed by atoms with van der Waals surface area (Å²) >= 11 is 0. The Balaban J connectivity index is 2.25. The van der Waals surface area contributed by atoms with Gasteiger partial charge in [-0.3, -0.25) is 0 Å². The first kappa shape index (κ1) is 18.5. The maximum Gasteiger partial charge on any atom is 0.407 e. The third kappa shape index (κ3) is 8.02. The summed E-state index contributed by atoms with van der Waals surface area (Å²) in [6.45, 7) is 13.2. The van der Waals surface area contributed by atoms with Crippen LogP contribution in [0.4, 0.5) is 4.79 Å². The molecule has 2 N–H and O–H groups in total. The Morgan fingerprint density at radius 2 is 2.05 bits per heavy atom. The van der Waals surface area contributed by atoms with Crippen molar-refractivity contribution in [2.75, 3.05) is 19.6 Å². The highest BCUT2D eigenvalue weighted by atomic mass is 16.6. The molecule has 0 radical (unpaired) electrons. The number of aromatic nitrogens is 2. The lowest BCUT2D eigenvalue weighted by atomic mass is 9.96. The van der Waals surface area contributed by atoms with Crippen LogP contribution in [0.5, 0.6) is 0 Å². The van der Waals surface area contributed by atoms with Gasteiger partial charge >= 0.3 is 6.09 Å². The molecule has 0 bridgehead atoms. The van der Waals surface area contributed by atoms with Gasteiger partial charge in [0.25, 0.3) is 0 Å². The normalized spacial score (nSPS) is 13.2. The van der Waals surface area contributed by atoms with Gasteiger partial charge in [0.1, 0.15) is 5.60 Å². The van der Waals surface area contributed by atoms with Crippen LogP contribution in [-0.2, 0) is 11.3 Å². The topological polar surface area (TPSA) is 68.2 Å². The third-order valence-electron chi connectivity index (χ3n) is 3.36. The van der Waals surface area contributed by atoms with Gasteiger partial charge in [-0.15, -0.1) is 0 Å². The lowest BCUT2D eigenvalue weighted by Gasteiger charge is -2.24. The molecule has 6 nitrogen and oxygen atoms in total. The van der Waals surface area contributed by atoms with Crippen LogP contribution in [0.3, 0.4) is 0 Å². The van der Waals surface area contributed by atoms with Crippen LogP contribution in [0.15, 0.2) is 18.7 Å². The molecule has 0 saturated heterocycles. The van der Waals surface area contributed by atoms with Crippen LogP contribution in [0.1, 0.15) is 34.6 Å². The summed E-state index contributed by atoms with van der Waals surface area (Å²) in [5, 5.41) is 6.30. The van der Waals surface area contributed by atoms with Gasteiger partial charge in [0, 0.05) is 32.0 Å². The summed E-state index contributed by atoms with van der Waals surface area (Å²) in [6, 6.07) is 0. The molecular weight excluding hydrogens is 280 g/mol. The molecule has 1 rings (SSSR count). The number of imidazole rings is 1. The molecule has 1 heterocycles. The van der Waals surface area contributed by atoms with Crippen molar-refractivity contribution in [2.45, 2.75) is 46.8 Å². The molecule has 1 aromatic rings. The number of amides is 1. The molecule has 126 valence electrons. The maximum atomic E-state index is 11.7. The molecule has 0 fully saturated rings. The van der Waals surface area contributed by atoms with Gasteiger partial charge < -0.3 is 19.9 Å². The van der Waals surface area contributed by atoms with Crippen LogP contribution >= 0.6 is 0 Å². The van der Waals surface area contributed by atoms with E-state index in [-0.39, 0.29) is 6.09 Å². The summed E-state index contributed by atoms with van der Waals surface area (Å²) in [6.07, 6.45) is 5.19. The molecule has 0 spiro atoms. The van der Waals surface area contributed by atoms with Crippen molar-refractivity contribution in [1.82, 2.24) is 20.2 Å². The average Bonchev–Trinajstić information content (AvgIpc) is 2.88. The fourth-order valence-corrected chi connectivity index (χ4v) is 1.99. The van der Waals surface area contributed by atoms with Crippen LogP contribution in [-0.4, -0.2) is 40.9 Å². The molecule has 1 amide bonds. The summed E-state index contributed by atoms with van der Waals surface area (Å²) < 4.78 is 7.30. The average molecular weight is 310 g/mol. The lowest BCUT2D eigenvalue weighted by Crippen LogP contribution is -2.40. The summed E-state index contributed by atoms with van der Waals surface area (Å²) in [5.41, 5.74) is -0.458. The molecule has 6 heteroatoms. The predicted octanol–water partition coefficient (Wildman–Crippen LogP) is 2.27. The summed E-state index contributed by atoms with van der Waals surface area (Å²) in [7, 11) is 0. The Labute approximate surface area is 133 Å². The van der Waals surface area contributed by atoms with Gasteiger partial charge in [-0.05, 0) is 39.2 Å². The van der Waals surface area contributed by atoms with E-state index in [2.05, 4.69) is 29.5 Å². The first-order valence-corrected chi connectivity index (χ1v) is 7.91. The molecule has 0 aliphatic rings. The minimum atomic E-state index is -0.458. The summed E-state index contributed by atoms with van der Waals surface area (Å²) in [4.78, 5) is 15.7. The minimum Gasteiger partial charge on any atom is -0.444 e. The van der Waals surface area contributed by atoms with Crippen molar-refractivity contribution in [2.24, 2.45) is 11.8 Å². The SMILES string of the molecule is CC(C)C(CNCCn1ccnc1)CNC(=O)OC(C)(C)C. The molecule has 0 aromatic carbocycles. The Bertz CT molecular complexity index is 424. The number of carbonyl (C=O) groups excluding carboxylic acids is 1. The van der Waals surface area contributed by atoms with E-state index in [0.717, 1.165) is 19.6 Å². The molecule has 0 saturated carbocycles. The first-order chi connectivity index (χ1) is 10.3. The largest absolute Gasteiger partial charge is 0.444 e. The number of hydrogen-bond acceptors (Lipinski definition) is 4. The highest BCUT2D eigenvalue weighted by molar-refractivity contribution is 5.67. The molecule has 0 aliphatic carbocycles. The zero-order valence-corrected chi connectivity index (χ0v) is 14.4. The number of alkyl carbamates (subject to hydrolysis) is 1. The highest BCUT2D eigenvalue weighted by Gasteiger charge is 2.18. The monoisotopic (exact) mass is 310 g/mol. The van der Waals surface area contributed by atoms with Gasteiger partial charge in [0.05, 0.1) is 6.33 Å². The van der Waals surface area contributed by atoms with E-state index in [1.54, 1.807) is 6.20 Å². The standard InChI is InChI=1S/C16H30N4O2/c1-13(2)14(11-19-15(21)22-16(3,4)5)10-17-6-8-20-9-7-18-12-20/h7,9,12-14,17H,6,8,10-11H2,1-5H3,(H,19,21). The van der Waals surface area contributed by atoms with Crippen LogP contribution in [0.2, 0.25) is 0 Å². The van der Waals surface area contributed by atoms with E-state index in [4.69, 9.17) is 4.74 Å². The van der Waals surface area contributed by atoms with Gasteiger partial charge in [0.15, 0.2) is 0 Å². The Kier molecular flexibility index (Phi) is 7.38. The number of nitrogens with one attached hydrogen (secondary N) is 2. The highest BCUT2D eigenvalue weighted by Crippen LogP contribution is 2.10. The number of nitrogens with zero attached hydrogens (tertiary/aromatic N) is 2. The zero-order chi connectivity index (χ0) is 16.6. The second-order valence-corrected chi connectivity index (χ2v) is 6.89. The van der Waals surface area contributed by atoms with Crippen LogP contribution < -0.4 is 10.6 Å². The predicted molar refractivity (Wildman–Crippen MR) is 87.7 cm³/mol. The van der Waals surface area contributed by atoms with E-state index in [0.29, 0.717) is 18.4 Å². The Morgan fingerprint density at radius 1 is 1.32 bits per heavy atom. The van der Waals surface area contributed by atoms with Crippen molar-refractivity contribution < 1.29 is 9.53 Å². The van der Waals surface area contributed by atoms with Crippen molar-refractivity contribution in [3.63, 3.8) is 0 Å². The third-order valence-corrected chi connectivity index (χ3v) is 3.36. The van der Waals surface area contributed by atoms with Crippen LogP contribution in [0.25, 0.3) is 0 Å². The molecule has 1 unspecified atom stereocenters. The van der Waals surface area contributed by atoms with E-state index < -0.39 is 5.60 Å². The molecule has 22 heavy (non-hydrogen) atoms. The van der Waals surface area contributed by atoms with E-state index >= 15 is 0 Å². The van der Waals surface area contributed by atoms with E-state index in [1.165, 1.54) is 0 Å². The van der Waals surface area contributed by atoms with Gasteiger partial charge in [-0.25, -0.2) is 9.78 Å². The second kappa shape index (κ2) is 8.78. The Morgan fingerprint density at radius 3 is 2.59 bits per heavy atom. The molecule has 1 atom stereocenters. The van der Waals surface area contributed by atoms with Gasteiger partial charge in [0.2, 0.25) is 0 Å². The summed E-state index contributed by atoms with van der Waals surface area (Å²) in [5.74, 6) is 0.853. The maximum absolute atomic E-state index is 11.7. The number of carbonyl (C=O) groups is 1. The van der Waals surface area contributed by atoms with Gasteiger partial charge in [-0.2, -0.15) is 0 Å². The van der Waals surface area contributed by atoms with Gasteiger partial charge in [-0.1, -0.05) is 13.8 Å². The number of rotatable bonds is 8. The second-order valence-electron chi connectivity index (χ2n) is 6.89. The molecule has 1 aromatic heterocycles. The molecular formula is C16H30N4O2. The smallest absolute Gasteiger partial charge is 0.407 e. The Hall–Kier alpha value is -1.56. The number of ether oxygens (including phenoxy) is 1. The first-order valence-electron chi connectivity index (χ1n) is 7.91. The fourth-order valence-electron chi connectivity index (χ4n) is 1.99. The van der Waals surface area contributed by atoms with Crippen molar-refractivity contribution in [3.8, 4) is 0 Å². The van der Waals surface area contributed by atoms with E-state index in [1.807, 2.05) is 37.9 Å². The number of hydrogen-bond donors (Lipinski definition) is 2. The molecule has 0 aliphatic heterocycles. The van der Waals surface area contributed by atoms with Crippen molar-refractivity contribution in [1.29, 1.82) is 0 Å².